The lowest BCUT2D eigenvalue weighted by Crippen LogP contribution is -2.16. The molecule has 5 nitrogen and oxygen atoms in total. The molecule has 0 saturated carbocycles. The van der Waals surface area contributed by atoms with Crippen molar-refractivity contribution in [2.24, 2.45) is 0 Å². The Hall–Kier alpha value is -2.21. The summed E-state index contributed by atoms with van der Waals surface area (Å²) in [7, 11) is 0. The second-order valence-electron chi connectivity index (χ2n) is 6.04. The van der Waals surface area contributed by atoms with Crippen molar-refractivity contribution in [3.63, 3.8) is 0 Å². The molecular formula is C19H20BrN3O2. The highest BCUT2D eigenvalue weighted by molar-refractivity contribution is 9.10. The van der Waals surface area contributed by atoms with E-state index in [4.69, 9.17) is 0 Å². The number of nitrogens with zero attached hydrogens (tertiary/aromatic N) is 3. The number of rotatable bonds is 5. The molecule has 1 atom stereocenters. The van der Waals surface area contributed by atoms with Crippen molar-refractivity contribution in [3.8, 4) is 11.1 Å². The molecule has 0 aromatic carbocycles. The van der Waals surface area contributed by atoms with Crippen LogP contribution in [0.5, 0.6) is 0 Å². The fourth-order valence-electron chi connectivity index (χ4n) is 3.35. The van der Waals surface area contributed by atoms with Crippen LogP contribution < -0.4 is 0 Å². The lowest BCUT2D eigenvalue weighted by Gasteiger charge is -2.20. The molecule has 0 amide bonds. The van der Waals surface area contributed by atoms with E-state index in [1.54, 1.807) is 12.4 Å². The normalized spacial score (nSPS) is 12.5. The van der Waals surface area contributed by atoms with Crippen LogP contribution in [0.3, 0.4) is 0 Å². The number of aliphatic carboxylic acids is 1. The molecule has 1 unspecified atom stereocenters. The number of carboxylic acid groups (broad SMARTS) is 1. The summed E-state index contributed by atoms with van der Waals surface area (Å²) in [6.07, 6.45) is 4.85. The first kappa shape index (κ1) is 17.6. The van der Waals surface area contributed by atoms with Crippen molar-refractivity contribution < 1.29 is 9.90 Å². The molecule has 0 spiro atoms. The summed E-state index contributed by atoms with van der Waals surface area (Å²) >= 11 is 3.47. The van der Waals surface area contributed by atoms with Gasteiger partial charge in [0.25, 0.3) is 0 Å². The predicted octanol–water partition coefficient (Wildman–Crippen LogP) is 4.61. The maximum absolute atomic E-state index is 11.9. The third kappa shape index (κ3) is 3.06. The van der Waals surface area contributed by atoms with Gasteiger partial charge in [-0.1, -0.05) is 13.8 Å². The molecule has 3 aromatic rings. The quantitative estimate of drug-likeness (QED) is 0.677. The van der Waals surface area contributed by atoms with Crippen molar-refractivity contribution in [1.29, 1.82) is 0 Å². The SMILES string of the molecule is CCc1ccc2c(-c3cncc(Br)c3)c(C(CC)C(=O)O)c(C)nn12. The van der Waals surface area contributed by atoms with Crippen LogP contribution in [-0.2, 0) is 11.2 Å². The van der Waals surface area contributed by atoms with Gasteiger partial charge >= 0.3 is 5.97 Å². The molecule has 0 aliphatic heterocycles. The lowest BCUT2D eigenvalue weighted by molar-refractivity contribution is -0.138. The second-order valence-corrected chi connectivity index (χ2v) is 6.96. The van der Waals surface area contributed by atoms with Crippen molar-refractivity contribution >= 4 is 27.4 Å². The Kier molecular flexibility index (Phi) is 4.90. The van der Waals surface area contributed by atoms with Crippen LogP contribution in [0.4, 0.5) is 0 Å². The lowest BCUT2D eigenvalue weighted by atomic mass is 9.88. The minimum Gasteiger partial charge on any atom is -0.481 e. The molecule has 0 fully saturated rings. The molecule has 0 aliphatic carbocycles. The van der Waals surface area contributed by atoms with E-state index in [9.17, 15) is 9.90 Å². The number of carboxylic acids is 1. The van der Waals surface area contributed by atoms with Gasteiger partial charge < -0.3 is 5.11 Å². The predicted molar refractivity (Wildman–Crippen MR) is 101 cm³/mol. The summed E-state index contributed by atoms with van der Waals surface area (Å²) in [6, 6.07) is 6.03. The number of halogens is 1. The number of fused-ring (bicyclic) bond motifs is 1. The Balaban J connectivity index is 2.44. The number of hydrogen-bond acceptors (Lipinski definition) is 3. The summed E-state index contributed by atoms with van der Waals surface area (Å²) in [5.74, 6) is -1.44. The zero-order valence-electron chi connectivity index (χ0n) is 14.5. The van der Waals surface area contributed by atoms with Gasteiger partial charge in [-0.3, -0.25) is 9.78 Å². The Bertz CT molecular complexity index is 949. The zero-order chi connectivity index (χ0) is 18.1. The number of aryl methyl sites for hydroxylation is 2. The molecule has 0 radical (unpaired) electrons. The minimum atomic E-state index is -0.830. The molecule has 6 heteroatoms. The van der Waals surface area contributed by atoms with E-state index in [1.165, 1.54) is 0 Å². The van der Waals surface area contributed by atoms with Crippen LogP contribution >= 0.6 is 15.9 Å². The Morgan fingerprint density at radius 1 is 1.32 bits per heavy atom. The van der Waals surface area contributed by atoms with Gasteiger partial charge in [0.05, 0.1) is 17.1 Å². The van der Waals surface area contributed by atoms with Gasteiger partial charge in [0.1, 0.15) is 0 Å². The van der Waals surface area contributed by atoms with Crippen molar-refractivity contribution in [3.05, 3.63) is 52.0 Å². The molecule has 3 aromatic heterocycles. The van der Waals surface area contributed by atoms with Gasteiger partial charge in [0.15, 0.2) is 0 Å². The van der Waals surface area contributed by atoms with Gasteiger partial charge in [-0.15, -0.1) is 0 Å². The molecule has 25 heavy (non-hydrogen) atoms. The Morgan fingerprint density at radius 2 is 2.08 bits per heavy atom. The van der Waals surface area contributed by atoms with Gasteiger partial charge in [-0.25, -0.2) is 4.52 Å². The van der Waals surface area contributed by atoms with Crippen LogP contribution in [0, 0.1) is 6.92 Å². The number of aromatic nitrogens is 3. The van der Waals surface area contributed by atoms with Crippen molar-refractivity contribution in [1.82, 2.24) is 14.6 Å². The van der Waals surface area contributed by atoms with E-state index in [-0.39, 0.29) is 0 Å². The first-order valence-electron chi connectivity index (χ1n) is 8.32. The fraction of sp³-hybridized carbons (Fsp3) is 0.316. The molecule has 3 heterocycles. The van der Waals surface area contributed by atoms with Gasteiger partial charge in [-0.2, -0.15) is 5.10 Å². The molecule has 0 aliphatic rings. The molecule has 3 rings (SSSR count). The largest absolute Gasteiger partial charge is 0.481 e. The molecule has 0 saturated heterocycles. The molecule has 0 bridgehead atoms. The third-order valence-corrected chi connectivity index (χ3v) is 4.94. The van der Waals surface area contributed by atoms with Crippen LogP contribution in [0.25, 0.3) is 16.6 Å². The number of carbonyl (C=O) groups is 1. The smallest absolute Gasteiger partial charge is 0.311 e. The average molecular weight is 402 g/mol. The zero-order valence-corrected chi connectivity index (χ0v) is 16.0. The summed E-state index contributed by atoms with van der Waals surface area (Å²) in [4.78, 5) is 16.1. The maximum atomic E-state index is 11.9. The monoisotopic (exact) mass is 401 g/mol. The summed E-state index contributed by atoms with van der Waals surface area (Å²) < 4.78 is 2.78. The number of pyridine rings is 1. The highest BCUT2D eigenvalue weighted by Crippen LogP contribution is 2.37. The molecular weight excluding hydrogens is 382 g/mol. The van der Waals surface area contributed by atoms with E-state index in [2.05, 4.69) is 32.9 Å². The maximum Gasteiger partial charge on any atom is 0.311 e. The standard InChI is InChI=1S/C19H20BrN3O2/c1-4-14-6-7-16-18(12-8-13(20)10-21-9-12)17(11(3)22-23(14)16)15(5-2)19(24)25/h6-10,15H,4-5H2,1-3H3,(H,24,25). The Labute approximate surface area is 154 Å². The summed E-state index contributed by atoms with van der Waals surface area (Å²) in [6.45, 7) is 5.86. The van der Waals surface area contributed by atoms with Crippen LogP contribution in [-0.4, -0.2) is 25.7 Å². The van der Waals surface area contributed by atoms with E-state index < -0.39 is 11.9 Å². The summed E-state index contributed by atoms with van der Waals surface area (Å²) in [5, 5.41) is 14.4. The van der Waals surface area contributed by atoms with Crippen LogP contribution in [0.2, 0.25) is 0 Å². The van der Waals surface area contributed by atoms with E-state index in [1.807, 2.05) is 36.6 Å². The molecule has 1 N–H and O–H groups in total. The van der Waals surface area contributed by atoms with Gasteiger partial charge in [0, 0.05) is 33.7 Å². The van der Waals surface area contributed by atoms with E-state index in [0.717, 1.165) is 44.5 Å². The first-order valence-corrected chi connectivity index (χ1v) is 9.12. The fourth-order valence-corrected chi connectivity index (χ4v) is 3.71. The first-order chi connectivity index (χ1) is 12.0. The highest BCUT2D eigenvalue weighted by Gasteiger charge is 2.27. The minimum absolute atomic E-state index is 0.504. The third-order valence-electron chi connectivity index (χ3n) is 4.51. The van der Waals surface area contributed by atoms with Crippen molar-refractivity contribution in [2.45, 2.75) is 39.5 Å². The van der Waals surface area contributed by atoms with E-state index >= 15 is 0 Å². The van der Waals surface area contributed by atoms with Crippen molar-refractivity contribution in [2.75, 3.05) is 0 Å². The summed E-state index contributed by atoms with van der Waals surface area (Å²) in [5.41, 5.74) is 5.30. The van der Waals surface area contributed by atoms with Gasteiger partial charge in [0.2, 0.25) is 0 Å². The topological polar surface area (TPSA) is 67.5 Å². The highest BCUT2D eigenvalue weighted by atomic mass is 79.9. The van der Waals surface area contributed by atoms with Crippen LogP contribution in [0.15, 0.2) is 35.1 Å². The van der Waals surface area contributed by atoms with Gasteiger partial charge in [-0.05, 0) is 59.5 Å². The second kappa shape index (κ2) is 6.96. The van der Waals surface area contributed by atoms with E-state index in [0.29, 0.717) is 6.42 Å². The van der Waals surface area contributed by atoms with Crippen LogP contribution in [0.1, 0.15) is 43.1 Å². The number of hydrogen-bond donors (Lipinski definition) is 1. The Morgan fingerprint density at radius 3 is 2.68 bits per heavy atom. The molecule has 130 valence electrons. The average Bonchev–Trinajstić information content (AvgIpc) is 2.97.